The van der Waals surface area contributed by atoms with Crippen LogP contribution in [0, 0.1) is 24.1 Å². The molecule has 0 aliphatic heterocycles. The van der Waals surface area contributed by atoms with Crippen molar-refractivity contribution in [2.75, 3.05) is 0 Å². The van der Waals surface area contributed by atoms with Gasteiger partial charge in [-0.15, -0.1) is 0 Å². The number of halogens is 1. The number of rotatable bonds is 4. The van der Waals surface area contributed by atoms with Crippen molar-refractivity contribution >= 4 is 5.78 Å². The van der Waals surface area contributed by atoms with Gasteiger partial charge in [0.15, 0.2) is 5.78 Å². The number of pyridine rings is 2. The highest BCUT2D eigenvalue weighted by molar-refractivity contribution is 6.11. The highest BCUT2D eigenvalue weighted by Gasteiger charge is 2.25. The van der Waals surface area contributed by atoms with Crippen molar-refractivity contribution < 1.29 is 14.3 Å². The molecule has 6 nitrogen and oxygen atoms in total. The first-order chi connectivity index (χ1) is 12.9. The van der Waals surface area contributed by atoms with Crippen LogP contribution in [0.2, 0.25) is 0 Å². The molecule has 0 aliphatic carbocycles. The summed E-state index contributed by atoms with van der Waals surface area (Å²) in [7, 11) is 0. The largest absolute Gasteiger partial charge is 0.494 e. The number of carbonyl (C=O) groups is 1. The van der Waals surface area contributed by atoms with Crippen molar-refractivity contribution in [3.05, 3.63) is 92.8 Å². The summed E-state index contributed by atoms with van der Waals surface area (Å²) in [5.41, 5.74) is -0.277. The molecule has 2 aromatic heterocycles. The Kier molecular flexibility index (Phi) is 4.81. The van der Waals surface area contributed by atoms with E-state index in [0.717, 1.165) is 16.7 Å². The third-order valence-corrected chi connectivity index (χ3v) is 4.20. The molecule has 0 amide bonds. The smallest absolute Gasteiger partial charge is 0.271 e. The van der Waals surface area contributed by atoms with Gasteiger partial charge in [0, 0.05) is 18.0 Å². The number of nitrogens with zero attached hydrogens (tertiary/aromatic N) is 3. The molecule has 27 heavy (non-hydrogen) atoms. The lowest BCUT2D eigenvalue weighted by Gasteiger charge is -2.15. The van der Waals surface area contributed by atoms with Gasteiger partial charge in [-0.3, -0.25) is 19.1 Å². The zero-order valence-corrected chi connectivity index (χ0v) is 14.3. The van der Waals surface area contributed by atoms with Gasteiger partial charge in [0.05, 0.1) is 12.1 Å². The van der Waals surface area contributed by atoms with E-state index in [-0.39, 0.29) is 28.8 Å². The summed E-state index contributed by atoms with van der Waals surface area (Å²) in [6.45, 7) is 1.36. The molecule has 0 bridgehead atoms. The highest BCUT2D eigenvalue weighted by atomic mass is 19.1. The van der Waals surface area contributed by atoms with Crippen LogP contribution in [0.25, 0.3) is 0 Å². The summed E-state index contributed by atoms with van der Waals surface area (Å²) in [6.07, 6.45) is 3.07. The maximum Gasteiger partial charge on any atom is 0.271 e. The maximum atomic E-state index is 13.1. The Morgan fingerprint density at radius 3 is 2.59 bits per heavy atom. The molecule has 3 aromatic rings. The first-order valence-corrected chi connectivity index (χ1v) is 7.99. The number of hydrogen-bond acceptors (Lipinski definition) is 5. The minimum atomic E-state index is -0.702. The number of nitriles is 1. The Hall–Kier alpha value is -3.79. The van der Waals surface area contributed by atoms with Crippen LogP contribution in [0.5, 0.6) is 5.88 Å². The average molecular weight is 363 g/mol. The van der Waals surface area contributed by atoms with Crippen LogP contribution in [0.3, 0.4) is 0 Å². The molecule has 0 fully saturated rings. The predicted octanol–water partition coefficient (Wildman–Crippen LogP) is 2.55. The lowest BCUT2D eigenvalue weighted by atomic mass is 9.97. The van der Waals surface area contributed by atoms with E-state index in [9.17, 15) is 24.3 Å². The van der Waals surface area contributed by atoms with Gasteiger partial charge in [0.2, 0.25) is 5.88 Å². The summed E-state index contributed by atoms with van der Waals surface area (Å²) in [5, 5.41) is 20.0. The summed E-state index contributed by atoms with van der Waals surface area (Å²) in [4.78, 5) is 29.4. The van der Waals surface area contributed by atoms with Crippen LogP contribution in [0.4, 0.5) is 4.39 Å². The molecule has 134 valence electrons. The molecule has 1 aromatic carbocycles. The summed E-state index contributed by atoms with van der Waals surface area (Å²) in [5.74, 6) is -1.66. The topological polar surface area (TPSA) is 96.0 Å². The Bertz CT molecular complexity index is 1110. The third-order valence-electron chi connectivity index (χ3n) is 4.20. The molecule has 3 rings (SSSR count). The molecule has 1 N–H and O–H groups in total. The van der Waals surface area contributed by atoms with Crippen molar-refractivity contribution in [3.8, 4) is 11.9 Å². The van der Waals surface area contributed by atoms with Crippen LogP contribution in [-0.4, -0.2) is 20.4 Å². The molecule has 0 saturated carbocycles. The minimum Gasteiger partial charge on any atom is -0.494 e. The molecule has 0 spiro atoms. The minimum absolute atomic E-state index is 0.0584. The second-order valence-corrected chi connectivity index (χ2v) is 5.90. The molecule has 0 radical (unpaired) electrons. The quantitative estimate of drug-likeness (QED) is 0.719. The zero-order valence-electron chi connectivity index (χ0n) is 14.3. The van der Waals surface area contributed by atoms with Gasteiger partial charge in [0.25, 0.3) is 5.56 Å². The van der Waals surface area contributed by atoms with Gasteiger partial charge < -0.3 is 5.11 Å². The number of ketones is 1. The van der Waals surface area contributed by atoms with Crippen LogP contribution in [0.1, 0.15) is 32.6 Å². The zero-order chi connectivity index (χ0) is 19.6. The van der Waals surface area contributed by atoms with E-state index in [4.69, 9.17) is 0 Å². The Morgan fingerprint density at radius 2 is 2.00 bits per heavy atom. The molecule has 7 heteroatoms. The fourth-order valence-corrected chi connectivity index (χ4v) is 2.79. The van der Waals surface area contributed by atoms with E-state index in [1.165, 1.54) is 25.3 Å². The molecular formula is C20H14FN3O3. The summed E-state index contributed by atoms with van der Waals surface area (Å²) < 4.78 is 14.1. The number of hydrogen-bond donors (Lipinski definition) is 1. The second kappa shape index (κ2) is 7.22. The van der Waals surface area contributed by atoms with Crippen LogP contribution < -0.4 is 5.56 Å². The fraction of sp³-hybridized carbons (Fsp3) is 0.100. The molecule has 0 saturated heterocycles. The van der Waals surface area contributed by atoms with Gasteiger partial charge in [-0.25, -0.2) is 4.39 Å². The van der Waals surface area contributed by atoms with Crippen molar-refractivity contribution in [1.82, 2.24) is 9.55 Å². The van der Waals surface area contributed by atoms with Gasteiger partial charge in [-0.1, -0.05) is 6.07 Å². The van der Waals surface area contributed by atoms with E-state index < -0.39 is 23.0 Å². The summed E-state index contributed by atoms with van der Waals surface area (Å²) in [6, 6.07) is 9.97. The van der Waals surface area contributed by atoms with Crippen LogP contribution in [0.15, 0.2) is 53.6 Å². The highest BCUT2D eigenvalue weighted by Crippen LogP contribution is 2.25. The van der Waals surface area contributed by atoms with Crippen molar-refractivity contribution in [2.24, 2.45) is 0 Å². The van der Waals surface area contributed by atoms with E-state index in [0.29, 0.717) is 5.56 Å². The monoisotopic (exact) mass is 363 g/mol. The van der Waals surface area contributed by atoms with Crippen molar-refractivity contribution in [1.29, 1.82) is 5.26 Å². The predicted molar refractivity (Wildman–Crippen MR) is 95.0 cm³/mol. The molecule has 0 atom stereocenters. The van der Waals surface area contributed by atoms with Crippen molar-refractivity contribution in [3.63, 3.8) is 0 Å². The number of carbonyl (C=O) groups excluding carboxylic acids is 1. The van der Waals surface area contributed by atoms with E-state index >= 15 is 0 Å². The number of aromatic hydroxyl groups is 1. The van der Waals surface area contributed by atoms with Crippen molar-refractivity contribution in [2.45, 2.75) is 13.5 Å². The first-order valence-electron chi connectivity index (χ1n) is 7.99. The summed E-state index contributed by atoms with van der Waals surface area (Å²) >= 11 is 0. The molecule has 2 heterocycles. The molecular weight excluding hydrogens is 349 g/mol. The Balaban J connectivity index is 2.21. The van der Waals surface area contributed by atoms with E-state index in [2.05, 4.69) is 4.98 Å². The Labute approximate surface area is 153 Å². The van der Waals surface area contributed by atoms with Gasteiger partial charge in [-0.2, -0.15) is 5.26 Å². The standard InChI is InChI=1S/C20H14FN3O3/c1-12-16(9-22)19(26)24(11-13-3-2-8-23-10-13)20(27)17(12)18(25)14-4-6-15(21)7-5-14/h2-8,10,27H,11H2,1H3. The number of aromatic nitrogens is 2. The first kappa shape index (κ1) is 18.0. The van der Waals surface area contributed by atoms with Gasteiger partial charge in [0.1, 0.15) is 17.4 Å². The molecule has 0 aliphatic rings. The lowest BCUT2D eigenvalue weighted by Crippen LogP contribution is -2.27. The third kappa shape index (κ3) is 3.33. The maximum absolute atomic E-state index is 13.1. The van der Waals surface area contributed by atoms with Crippen LogP contribution >= 0.6 is 0 Å². The van der Waals surface area contributed by atoms with Crippen LogP contribution in [-0.2, 0) is 6.54 Å². The normalized spacial score (nSPS) is 10.4. The second-order valence-electron chi connectivity index (χ2n) is 5.90. The Morgan fingerprint density at radius 1 is 1.30 bits per heavy atom. The van der Waals surface area contributed by atoms with Gasteiger partial charge >= 0.3 is 0 Å². The van der Waals surface area contributed by atoms with E-state index in [1.807, 2.05) is 0 Å². The van der Waals surface area contributed by atoms with E-state index in [1.54, 1.807) is 24.4 Å². The van der Waals surface area contributed by atoms with Gasteiger partial charge in [-0.05, 0) is 48.4 Å². The fourth-order valence-electron chi connectivity index (χ4n) is 2.79. The number of benzene rings is 1. The molecule has 0 unspecified atom stereocenters. The average Bonchev–Trinajstić information content (AvgIpc) is 2.67. The SMILES string of the molecule is Cc1c(C(=O)c2ccc(F)cc2)c(O)n(Cc2cccnc2)c(=O)c1C#N. The lowest BCUT2D eigenvalue weighted by molar-refractivity contribution is 0.103.